The van der Waals surface area contributed by atoms with Crippen molar-refractivity contribution >= 4 is 17.9 Å². The Bertz CT molecular complexity index is 574. The van der Waals surface area contributed by atoms with Crippen molar-refractivity contribution in [3.63, 3.8) is 0 Å². The van der Waals surface area contributed by atoms with E-state index < -0.39 is 4.92 Å². The highest BCUT2D eigenvalue weighted by Crippen LogP contribution is 2.26. The number of aromatic amines is 1. The van der Waals surface area contributed by atoms with Crippen LogP contribution in [-0.4, -0.2) is 14.9 Å². The second kappa shape index (κ2) is 4.19. The zero-order chi connectivity index (χ0) is 11.5. The molecule has 0 unspecified atom stereocenters. The fraction of sp³-hybridized carbons (Fsp3) is 0. The van der Waals surface area contributed by atoms with E-state index in [2.05, 4.69) is 9.97 Å². The van der Waals surface area contributed by atoms with Crippen molar-refractivity contribution in [2.75, 3.05) is 0 Å². The third-order valence-corrected chi connectivity index (χ3v) is 2.27. The van der Waals surface area contributed by atoms with Crippen LogP contribution in [0.15, 0.2) is 36.7 Å². The third kappa shape index (κ3) is 1.96. The average molecular weight is 233 g/mol. The third-order valence-electron chi connectivity index (χ3n) is 2.05. The van der Waals surface area contributed by atoms with Gasteiger partial charge in [0, 0.05) is 12.3 Å². The smallest absolute Gasteiger partial charge is 0.278 e. The van der Waals surface area contributed by atoms with Crippen molar-refractivity contribution in [1.29, 1.82) is 0 Å². The van der Waals surface area contributed by atoms with Crippen molar-refractivity contribution in [2.24, 2.45) is 0 Å². The lowest BCUT2D eigenvalue weighted by atomic mass is 10.1. The van der Waals surface area contributed by atoms with Crippen LogP contribution >= 0.6 is 12.2 Å². The summed E-state index contributed by atoms with van der Waals surface area (Å²) in [5.41, 5.74) is 1.00. The Balaban J connectivity index is 2.59. The van der Waals surface area contributed by atoms with Gasteiger partial charge in [-0.15, -0.1) is 0 Å². The molecule has 0 radical (unpaired) electrons. The maximum absolute atomic E-state index is 10.8. The summed E-state index contributed by atoms with van der Waals surface area (Å²) in [6.45, 7) is 0. The number of aromatic nitrogens is 2. The van der Waals surface area contributed by atoms with E-state index in [0.29, 0.717) is 15.9 Å². The molecule has 0 atom stereocenters. The molecule has 5 nitrogen and oxygen atoms in total. The lowest BCUT2D eigenvalue weighted by Crippen LogP contribution is -1.93. The van der Waals surface area contributed by atoms with Crippen LogP contribution in [-0.2, 0) is 0 Å². The maximum Gasteiger partial charge on any atom is 0.278 e. The number of benzene rings is 1. The average Bonchev–Trinajstić information content (AvgIpc) is 2.30. The minimum Gasteiger partial charge on any atom is -0.350 e. The van der Waals surface area contributed by atoms with Crippen molar-refractivity contribution in [1.82, 2.24) is 9.97 Å². The largest absolute Gasteiger partial charge is 0.350 e. The zero-order valence-electron chi connectivity index (χ0n) is 8.08. The molecular formula is C10H7N3O2S. The minimum atomic E-state index is -0.432. The molecule has 0 aliphatic heterocycles. The van der Waals surface area contributed by atoms with Gasteiger partial charge in [-0.05, 0) is 6.07 Å². The van der Waals surface area contributed by atoms with Crippen LogP contribution in [0.2, 0.25) is 0 Å². The first kappa shape index (κ1) is 10.4. The molecule has 1 heterocycles. The topological polar surface area (TPSA) is 71.8 Å². The highest BCUT2D eigenvalue weighted by Gasteiger charge is 2.14. The van der Waals surface area contributed by atoms with E-state index in [-0.39, 0.29) is 5.69 Å². The molecule has 1 N–H and O–H groups in total. The van der Waals surface area contributed by atoms with Crippen molar-refractivity contribution in [3.05, 3.63) is 51.4 Å². The van der Waals surface area contributed by atoms with Gasteiger partial charge in [-0.2, -0.15) is 0 Å². The van der Waals surface area contributed by atoms with Gasteiger partial charge in [0.2, 0.25) is 0 Å². The summed E-state index contributed by atoms with van der Waals surface area (Å²) in [6, 6.07) is 6.44. The molecule has 16 heavy (non-hydrogen) atoms. The summed E-state index contributed by atoms with van der Waals surface area (Å²) in [6.07, 6.45) is 3.02. The molecule has 2 aromatic rings. The van der Waals surface area contributed by atoms with Gasteiger partial charge < -0.3 is 4.98 Å². The van der Waals surface area contributed by atoms with E-state index in [1.165, 1.54) is 12.3 Å². The summed E-state index contributed by atoms with van der Waals surface area (Å²) < 4.78 is 0.488. The van der Waals surface area contributed by atoms with Crippen molar-refractivity contribution in [2.45, 2.75) is 0 Å². The Morgan fingerprint density at radius 3 is 2.75 bits per heavy atom. The predicted molar refractivity (Wildman–Crippen MR) is 61.5 cm³/mol. The minimum absolute atomic E-state index is 0.0283. The number of rotatable bonds is 2. The molecule has 0 amide bonds. The van der Waals surface area contributed by atoms with Gasteiger partial charge in [0.1, 0.15) is 4.64 Å². The number of para-hydroxylation sites is 1. The Hall–Kier alpha value is -2.08. The van der Waals surface area contributed by atoms with E-state index >= 15 is 0 Å². The highest BCUT2D eigenvalue weighted by atomic mass is 32.1. The number of H-pyrrole nitrogens is 1. The van der Waals surface area contributed by atoms with Crippen LogP contribution in [0.1, 0.15) is 0 Å². The summed E-state index contributed by atoms with van der Waals surface area (Å²) in [7, 11) is 0. The highest BCUT2D eigenvalue weighted by molar-refractivity contribution is 7.71. The molecule has 0 fully saturated rings. The van der Waals surface area contributed by atoms with Gasteiger partial charge in [0.25, 0.3) is 5.69 Å². The van der Waals surface area contributed by atoms with Crippen molar-refractivity contribution in [3.8, 4) is 11.3 Å². The van der Waals surface area contributed by atoms with Gasteiger partial charge in [-0.3, -0.25) is 15.1 Å². The Morgan fingerprint density at radius 2 is 2.12 bits per heavy atom. The van der Waals surface area contributed by atoms with E-state index in [4.69, 9.17) is 12.2 Å². The summed E-state index contributed by atoms with van der Waals surface area (Å²) >= 11 is 4.85. The van der Waals surface area contributed by atoms with Crippen LogP contribution in [0, 0.1) is 14.8 Å². The zero-order valence-corrected chi connectivity index (χ0v) is 8.90. The number of nitrogens with zero attached hydrogens (tertiary/aromatic N) is 2. The fourth-order valence-electron chi connectivity index (χ4n) is 1.34. The maximum atomic E-state index is 10.8. The molecular weight excluding hydrogens is 226 g/mol. The lowest BCUT2D eigenvalue weighted by Gasteiger charge is -2.01. The van der Waals surface area contributed by atoms with Crippen molar-refractivity contribution < 1.29 is 4.92 Å². The Morgan fingerprint density at radius 1 is 1.38 bits per heavy atom. The van der Waals surface area contributed by atoms with E-state index in [1.807, 2.05) is 0 Å². The van der Waals surface area contributed by atoms with Gasteiger partial charge in [-0.1, -0.05) is 24.4 Å². The lowest BCUT2D eigenvalue weighted by molar-refractivity contribution is -0.384. The van der Waals surface area contributed by atoms with E-state index in [9.17, 15) is 10.1 Å². The quantitative estimate of drug-likeness (QED) is 0.491. The van der Waals surface area contributed by atoms with Crippen LogP contribution in [0.4, 0.5) is 5.69 Å². The van der Waals surface area contributed by atoms with Crippen LogP contribution in [0.3, 0.4) is 0 Å². The summed E-state index contributed by atoms with van der Waals surface area (Å²) in [5, 5.41) is 10.8. The second-order valence-corrected chi connectivity index (χ2v) is 3.51. The molecule has 1 aromatic heterocycles. The number of nitro benzene ring substituents is 1. The van der Waals surface area contributed by atoms with Gasteiger partial charge in [0.05, 0.1) is 22.4 Å². The second-order valence-electron chi connectivity index (χ2n) is 3.07. The first-order chi connectivity index (χ1) is 7.68. The molecule has 2 rings (SSSR count). The molecule has 6 heteroatoms. The van der Waals surface area contributed by atoms with Crippen LogP contribution in [0.5, 0.6) is 0 Å². The first-order valence-electron chi connectivity index (χ1n) is 4.47. The standard InChI is InChI=1S/C10H7N3O2S/c14-13(15)9-4-2-1-3-7(9)8-5-12-10(16)6-11-8/h1-6H,(H,12,16). The van der Waals surface area contributed by atoms with Crippen LogP contribution < -0.4 is 0 Å². The first-order valence-corrected chi connectivity index (χ1v) is 4.88. The molecule has 80 valence electrons. The van der Waals surface area contributed by atoms with E-state index in [1.54, 1.807) is 24.4 Å². The number of nitro groups is 1. The number of hydrogen-bond acceptors (Lipinski definition) is 4. The predicted octanol–water partition coefficient (Wildman–Crippen LogP) is 2.71. The monoisotopic (exact) mass is 233 g/mol. The summed E-state index contributed by atoms with van der Waals surface area (Å²) in [4.78, 5) is 17.2. The van der Waals surface area contributed by atoms with Gasteiger partial charge in [0.15, 0.2) is 0 Å². The Kier molecular flexibility index (Phi) is 2.74. The number of nitrogens with one attached hydrogen (secondary N) is 1. The molecule has 0 spiro atoms. The summed E-state index contributed by atoms with van der Waals surface area (Å²) in [5.74, 6) is 0. The fourth-order valence-corrected chi connectivity index (χ4v) is 1.45. The van der Waals surface area contributed by atoms with Gasteiger partial charge in [-0.25, -0.2) is 0 Å². The molecule has 0 aliphatic rings. The Labute approximate surface area is 95.9 Å². The molecule has 1 aromatic carbocycles. The molecule has 0 saturated heterocycles. The molecule has 0 saturated carbocycles. The van der Waals surface area contributed by atoms with Crippen LogP contribution in [0.25, 0.3) is 11.3 Å². The number of hydrogen-bond donors (Lipinski definition) is 1. The molecule has 0 aliphatic carbocycles. The SMILES string of the molecule is O=[N+]([O-])c1ccccc1-c1c[nH]c(=S)cn1. The van der Waals surface area contributed by atoms with Gasteiger partial charge >= 0.3 is 0 Å². The normalized spacial score (nSPS) is 10.0. The van der Waals surface area contributed by atoms with E-state index in [0.717, 1.165) is 0 Å². The molecule has 0 bridgehead atoms.